The fourth-order valence-electron chi connectivity index (χ4n) is 3.98. The fraction of sp³-hybridized carbons (Fsp3) is 0.550. The van der Waals surface area contributed by atoms with Gasteiger partial charge >= 0.3 is 0 Å². The second-order valence-corrected chi connectivity index (χ2v) is 8.42. The van der Waals surface area contributed by atoms with Crippen molar-refractivity contribution in [2.45, 2.75) is 71.5 Å². The quantitative estimate of drug-likeness (QED) is 0.892. The van der Waals surface area contributed by atoms with Gasteiger partial charge in [0.05, 0.1) is 11.4 Å². The number of rotatable bonds is 2. The molecule has 0 amide bonds. The highest BCUT2D eigenvalue weighted by atomic mass is 15.3. The fourth-order valence-corrected chi connectivity index (χ4v) is 3.98. The Balaban J connectivity index is 2.23. The van der Waals surface area contributed by atoms with E-state index in [1.807, 2.05) is 0 Å². The van der Waals surface area contributed by atoms with Crippen LogP contribution in [0.2, 0.25) is 0 Å². The maximum absolute atomic E-state index is 5.02. The Bertz CT molecular complexity index is 693. The Hall–Kier alpha value is -1.61. The van der Waals surface area contributed by atoms with Gasteiger partial charge in [0.2, 0.25) is 0 Å². The third-order valence-electron chi connectivity index (χ3n) is 4.53. The van der Waals surface area contributed by atoms with Gasteiger partial charge in [0.1, 0.15) is 0 Å². The molecule has 0 aliphatic carbocycles. The van der Waals surface area contributed by atoms with Crippen LogP contribution < -0.4 is 5.32 Å². The summed E-state index contributed by atoms with van der Waals surface area (Å²) in [5, 5.41) is 8.83. The smallest absolute Gasteiger partial charge is 0.0720 e. The molecule has 0 fully saturated rings. The van der Waals surface area contributed by atoms with Gasteiger partial charge in [-0.05, 0) is 48.0 Å². The van der Waals surface area contributed by atoms with Crippen LogP contribution in [0.3, 0.4) is 0 Å². The van der Waals surface area contributed by atoms with Crippen LogP contribution in [0.15, 0.2) is 30.3 Å². The normalized spacial score (nSPS) is 19.4. The average molecular weight is 311 g/mol. The highest BCUT2D eigenvalue weighted by Crippen LogP contribution is 2.35. The number of hydrogen-bond acceptors (Lipinski definition) is 2. The molecular weight excluding hydrogens is 282 g/mol. The van der Waals surface area contributed by atoms with E-state index in [9.17, 15) is 0 Å². The van der Waals surface area contributed by atoms with Crippen molar-refractivity contribution >= 4 is 0 Å². The maximum Gasteiger partial charge on any atom is 0.0720 e. The third kappa shape index (κ3) is 3.20. The summed E-state index contributed by atoms with van der Waals surface area (Å²) in [6.45, 7) is 13.6. The lowest BCUT2D eigenvalue weighted by Crippen LogP contribution is -2.52. The Kier molecular flexibility index (Phi) is 3.88. The maximum atomic E-state index is 5.02. The Morgan fingerprint density at radius 1 is 1.00 bits per heavy atom. The number of benzene rings is 1. The molecule has 0 saturated carbocycles. The van der Waals surface area contributed by atoms with Gasteiger partial charge in [0.25, 0.3) is 0 Å². The monoisotopic (exact) mass is 311 g/mol. The summed E-state index contributed by atoms with van der Waals surface area (Å²) in [5.41, 5.74) is 5.34. The lowest BCUT2D eigenvalue weighted by molar-refractivity contribution is 0.271. The third-order valence-corrected chi connectivity index (χ3v) is 4.53. The summed E-state index contributed by atoms with van der Waals surface area (Å²) in [7, 11) is 0. The number of hydrogen-bond donors (Lipinski definition) is 1. The van der Waals surface area contributed by atoms with Crippen molar-refractivity contribution in [2.75, 3.05) is 0 Å². The second kappa shape index (κ2) is 5.48. The van der Waals surface area contributed by atoms with Crippen LogP contribution in [-0.4, -0.2) is 20.9 Å². The summed E-state index contributed by atoms with van der Waals surface area (Å²) >= 11 is 0. The van der Waals surface area contributed by atoms with Crippen LogP contribution in [0.5, 0.6) is 0 Å². The van der Waals surface area contributed by atoms with E-state index < -0.39 is 0 Å². The minimum Gasteiger partial charge on any atom is -0.306 e. The van der Waals surface area contributed by atoms with Gasteiger partial charge in [-0.25, -0.2) is 0 Å². The van der Waals surface area contributed by atoms with E-state index in [0.717, 1.165) is 12.8 Å². The summed E-state index contributed by atoms with van der Waals surface area (Å²) in [4.78, 5) is 0. The first kappa shape index (κ1) is 16.3. The minimum absolute atomic E-state index is 0.0544. The molecule has 3 heteroatoms. The van der Waals surface area contributed by atoms with Crippen LogP contribution >= 0.6 is 0 Å². The molecule has 0 unspecified atom stereocenters. The van der Waals surface area contributed by atoms with Crippen molar-refractivity contribution in [1.29, 1.82) is 0 Å². The lowest BCUT2D eigenvalue weighted by Gasteiger charge is -2.34. The SMILES string of the molecule is CC(C)n1nc2c(c1-c1ccccc1)CC(C)(C)NC(C)(C)C2. The largest absolute Gasteiger partial charge is 0.306 e. The van der Waals surface area contributed by atoms with Gasteiger partial charge in [-0.2, -0.15) is 5.10 Å². The molecular formula is C20H29N3. The Labute approximate surface area is 140 Å². The van der Waals surface area contributed by atoms with Crippen molar-refractivity contribution in [3.63, 3.8) is 0 Å². The van der Waals surface area contributed by atoms with Gasteiger partial charge < -0.3 is 5.32 Å². The molecule has 2 heterocycles. The van der Waals surface area contributed by atoms with Crippen molar-refractivity contribution in [3.8, 4) is 11.3 Å². The first-order valence-corrected chi connectivity index (χ1v) is 8.64. The molecule has 0 saturated heterocycles. The number of fused-ring (bicyclic) bond motifs is 1. The van der Waals surface area contributed by atoms with Gasteiger partial charge in [-0.3, -0.25) is 4.68 Å². The standard InChI is InChI=1S/C20H29N3/c1-14(2)23-18(15-10-8-7-9-11-15)16-12-19(3,4)22-20(5,6)13-17(16)21-23/h7-11,14,22H,12-13H2,1-6H3. The average Bonchev–Trinajstić information content (AvgIpc) is 2.71. The zero-order valence-corrected chi connectivity index (χ0v) is 15.3. The first-order valence-electron chi connectivity index (χ1n) is 8.64. The van der Waals surface area contributed by atoms with Gasteiger partial charge in [-0.15, -0.1) is 0 Å². The predicted molar refractivity (Wildman–Crippen MR) is 96.7 cm³/mol. The van der Waals surface area contributed by atoms with Crippen LogP contribution in [0.25, 0.3) is 11.3 Å². The van der Waals surface area contributed by atoms with E-state index >= 15 is 0 Å². The minimum atomic E-state index is 0.0544. The Morgan fingerprint density at radius 3 is 2.22 bits per heavy atom. The van der Waals surface area contributed by atoms with Crippen molar-refractivity contribution in [2.24, 2.45) is 0 Å². The van der Waals surface area contributed by atoms with Crippen LogP contribution in [0, 0.1) is 0 Å². The van der Waals surface area contributed by atoms with Crippen LogP contribution in [0.1, 0.15) is 58.8 Å². The summed E-state index contributed by atoms with van der Waals surface area (Å²) in [6, 6.07) is 11.1. The molecule has 124 valence electrons. The van der Waals surface area contributed by atoms with E-state index in [2.05, 4.69) is 81.9 Å². The van der Waals surface area contributed by atoms with E-state index in [4.69, 9.17) is 5.10 Å². The summed E-state index contributed by atoms with van der Waals surface area (Å²) in [5.74, 6) is 0. The molecule has 1 aromatic heterocycles. The molecule has 0 bridgehead atoms. The van der Waals surface area contributed by atoms with Crippen LogP contribution in [0.4, 0.5) is 0 Å². The molecule has 1 aromatic carbocycles. The molecule has 1 aliphatic rings. The molecule has 3 rings (SSSR count). The first-order chi connectivity index (χ1) is 10.7. The molecule has 0 atom stereocenters. The van der Waals surface area contributed by atoms with Crippen molar-refractivity contribution < 1.29 is 0 Å². The zero-order valence-electron chi connectivity index (χ0n) is 15.3. The van der Waals surface area contributed by atoms with E-state index in [1.54, 1.807) is 0 Å². The number of nitrogens with zero attached hydrogens (tertiary/aromatic N) is 2. The molecule has 0 spiro atoms. The molecule has 23 heavy (non-hydrogen) atoms. The number of nitrogens with one attached hydrogen (secondary N) is 1. The second-order valence-electron chi connectivity index (χ2n) is 8.42. The highest BCUT2D eigenvalue weighted by molar-refractivity contribution is 5.65. The number of aromatic nitrogens is 2. The molecule has 1 aliphatic heterocycles. The zero-order chi connectivity index (χ0) is 16.8. The van der Waals surface area contributed by atoms with E-state index in [0.29, 0.717) is 6.04 Å². The van der Waals surface area contributed by atoms with Crippen molar-refractivity contribution in [1.82, 2.24) is 15.1 Å². The summed E-state index contributed by atoms with van der Waals surface area (Å²) in [6.07, 6.45) is 1.97. The van der Waals surface area contributed by atoms with Gasteiger partial charge in [0, 0.05) is 34.7 Å². The molecule has 1 N–H and O–H groups in total. The van der Waals surface area contributed by atoms with E-state index in [-0.39, 0.29) is 11.1 Å². The highest BCUT2D eigenvalue weighted by Gasteiger charge is 2.36. The predicted octanol–water partition coefficient (Wildman–Crippen LogP) is 4.38. The molecule has 3 nitrogen and oxygen atoms in total. The van der Waals surface area contributed by atoms with Gasteiger partial charge in [-0.1, -0.05) is 30.3 Å². The van der Waals surface area contributed by atoms with Crippen molar-refractivity contribution in [3.05, 3.63) is 41.6 Å². The summed E-state index contributed by atoms with van der Waals surface area (Å²) < 4.78 is 2.22. The topological polar surface area (TPSA) is 29.9 Å². The van der Waals surface area contributed by atoms with Crippen LogP contribution in [-0.2, 0) is 12.8 Å². The Morgan fingerprint density at radius 2 is 1.61 bits per heavy atom. The molecule has 2 aromatic rings. The molecule has 0 radical (unpaired) electrons. The van der Waals surface area contributed by atoms with E-state index in [1.165, 1.54) is 22.5 Å². The van der Waals surface area contributed by atoms with Gasteiger partial charge in [0.15, 0.2) is 0 Å². The lowest BCUT2D eigenvalue weighted by atomic mass is 9.92.